The Morgan fingerprint density at radius 2 is 2.30 bits per heavy atom. The van der Waals surface area contributed by atoms with Crippen LogP contribution in [-0.4, -0.2) is 24.8 Å². The van der Waals surface area contributed by atoms with Gasteiger partial charge < -0.3 is 4.74 Å². The largest absolute Gasteiger partial charge is 0.453 e. The lowest BCUT2D eigenvalue weighted by molar-refractivity contribution is -0.135. The lowest BCUT2D eigenvalue weighted by atomic mass is 10.1. The molecule has 1 fully saturated rings. The Hall–Kier alpha value is -1.12. The highest BCUT2D eigenvalue weighted by molar-refractivity contribution is 6.45. The molecule has 0 radical (unpaired) electrons. The number of hydrogen-bond acceptors (Lipinski definition) is 3. The molecule has 0 aromatic carbocycles. The van der Waals surface area contributed by atoms with Gasteiger partial charge in [-0.2, -0.15) is 0 Å². The van der Waals surface area contributed by atoms with Crippen LogP contribution >= 0.6 is 0 Å². The van der Waals surface area contributed by atoms with Gasteiger partial charge in [0.1, 0.15) is 11.8 Å². The Balaban J connectivity index is 2.96. The molecule has 1 aliphatic heterocycles. The normalized spacial score (nSPS) is 29.4. The van der Waals surface area contributed by atoms with Crippen LogP contribution in [0.3, 0.4) is 0 Å². The number of nitrogens with zero attached hydrogens (tertiary/aromatic N) is 1. The van der Waals surface area contributed by atoms with E-state index in [0.717, 1.165) is 0 Å². The van der Waals surface area contributed by atoms with E-state index < -0.39 is 0 Å². The predicted molar refractivity (Wildman–Crippen MR) is 38.1 cm³/mol. The molecule has 0 saturated carbocycles. The Kier molecular flexibility index (Phi) is 1.57. The summed E-state index contributed by atoms with van der Waals surface area (Å²) < 4.78 is 4.81. The second-order valence-electron chi connectivity index (χ2n) is 2.14. The van der Waals surface area contributed by atoms with E-state index in [-0.39, 0.29) is 12.1 Å². The Bertz CT molecular complexity index is 218. The van der Waals surface area contributed by atoms with Crippen LogP contribution in [0.15, 0.2) is 17.1 Å². The van der Waals surface area contributed by atoms with E-state index in [1.54, 1.807) is 14.0 Å². The lowest BCUT2D eigenvalue weighted by Gasteiger charge is -1.97. The van der Waals surface area contributed by atoms with Gasteiger partial charge in [-0.25, -0.2) is 4.79 Å². The topological polar surface area (TPSA) is 38.7 Å². The third-order valence-corrected chi connectivity index (χ3v) is 1.50. The number of carbonyl (C=O) groups excluding carboxylic acids is 1. The van der Waals surface area contributed by atoms with Crippen molar-refractivity contribution in [2.24, 2.45) is 4.99 Å². The van der Waals surface area contributed by atoms with E-state index in [1.807, 2.05) is 0 Å². The van der Waals surface area contributed by atoms with Gasteiger partial charge in [0.05, 0.1) is 0 Å². The minimum atomic E-state index is -0.361. The van der Waals surface area contributed by atoms with E-state index in [0.29, 0.717) is 11.3 Å². The first kappa shape index (κ1) is 6.99. The summed E-state index contributed by atoms with van der Waals surface area (Å²) in [5, 5.41) is 0. The fraction of sp³-hybridized carbons (Fsp3) is 0.429. The fourth-order valence-electron chi connectivity index (χ4n) is 0.846. The molecule has 0 N–H and O–H groups in total. The van der Waals surface area contributed by atoms with Crippen molar-refractivity contribution in [2.75, 3.05) is 7.05 Å². The molecule has 0 aromatic heterocycles. The lowest BCUT2D eigenvalue weighted by Crippen LogP contribution is -2.06. The van der Waals surface area contributed by atoms with Gasteiger partial charge in [0.15, 0.2) is 0 Å². The van der Waals surface area contributed by atoms with Crippen LogP contribution in [-0.2, 0) is 9.53 Å². The maximum atomic E-state index is 10.8. The highest BCUT2D eigenvalue weighted by atomic mass is 16.5. The quantitative estimate of drug-likeness (QED) is 0.460. The van der Waals surface area contributed by atoms with Gasteiger partial charge in [0, 0.05) is 12.6 Å². The maximum absolute atomic E-state index is 10.8. The number of carbonyl (C=O) groups is 1. The van der Waals surface area contributed by atoms with Crippen molar-refractivity contribution >= 4 is 11.7 Å². The van der Waals surface area contributed by atoms with Crippen molar-refractivity contribution in [1.29, 1.82) is 0 Å². The van der Waals surface area contributed by atoms with Gasteiger partial charge in [-0.3, -0.25) is 4.99 Å². The number of cyclic esters (lactones) is 1. The summed E-state index contributed by atoms with van der Waals surface area (Å²) in [6.45, 7) is 5.44. The Labute approximate surface area is 59.4 Å². The zero-order valence-electron chi connectivity index (χ0n) is 6.05. The average Bonchev–Trinajstić information content (AvgIpc) is 2.09. The summed E-state index contributed by atoms with van der Waals surface area (Å²) in [7, 11) is 1.56. The molecule has 0 aromatic rings. The number of aliphatic imine (C=N–C) groups is 1. The summed E-state index contributed by atoms with van der Waals surface area (Å²) in [5.41, 5.74) is 1.04. The summed E-state index contributed by atoms with van der Waals surface area (Å²) >= 11 is 0. The van der Waals surface area contributed by atoms with Gasteiger partial charge >= 0.3 is 5.97 Å². The van der Waals surface area contributed by atoms with Gasteiger partial charge in [-0.15, -0.1) is 0 Å². The molecule has 1 unspecified atom stereocenters. The molecule has 54 valence electrons. The van der Waals surface area contributed by atoms with Gasteiger partial charge in [-0.05, 0) is 6.92 Å². The zero-order chi connectivity index (χ0) is 7.72. The van der Waals surface area contributed by atoms with E-state index in [2.05, 4.69) is 11.6 Å². The number of hydrogen-bond donors (Lipinski definition) is 0. The van der Waals surface area contributed by atoms with E-state index in [1.165, 1.54) is 0 Å². The molecule has 1 aliphatic rings. The third kappa shape index (κ3) is 0.835. The second kappa shape index (κ2) is 2.25. The summed E-state index contributed by atoms with van der Waals surface area (Å²) in [6, 6.07) is 0. The molecular formula is C7H9NO2. The molecule has 10 heavy (non-hydrogen) atoms. The van der Waals surface area contributed by atoms with Crippen LogP contribution < -0.4 is 0 Å². The molecule has 1 rings (SSSR count). The third-order valence-electron chi connectivity index (χ3n) is 1.50. The van der Waals surface area contributed by atoms with Crippen molar-refractivity contribution in [3.63, 3.8) is 0 Å². The number of ether oxygens (including phenoxy) is 1. The summed E-state index contributed by atoms with van der Waals surface area (Å²) in [4.78, 5) is 14.6. The first-order valence-electron chi connectivity index (χ1n) is 3.03. The van der Waals surface area contributed by atoms with Crippen LogP contribution in [0.1, 0.15) is 6.92 Å². The second-order valence-corrected chi connectivity index (χ2v) is 2.14. The molecule has 0 amide bonds. The smallest absolute Gasteiger partial charge is 0.357 e. The molecule has 3 nitrogen and oxygen atoms in total. The van der Waals surface area contributed by atoms with Gasteiger partial charge in [-0.1, -0.05) is 6.58 Å². The maximum Gasteiger partial charge on any atom is 0.357 e. The first-order chi connectivity index (χ1) is 4.66. The molecule has 1 heterocycles. The highest BCUT2D eigenvalue weighted by Gasteiger charge is 2.30. The number of esters is 1. The van der Waals surface area contributed by atoms with Crippen molar-refractivity contribution in [3.8, 4) is 0 Å². The Morgan fingerprint density at radius 3 is 2.50 bits per heavy atom. The first-order valence-corrected chi connectivity index (χ1v) is 3.03. The highest BCUT2D eigenvalue weighted by Crippen LogP contribution is 2.15. The minimum Gasteiger partial charge on any atom is -0.453 e. The Morgan fingerprint density at radius 1 is 1.70 bits per heavy atom. The van der Waals surface area contributed by atoms with Gasteiger partial charge in [0.25, 0.3) is 0 Å². The SMILES string of the molecule is C=C1C(=NC)C(=O)OC1C. The molecule has 0 spiro atoms. The summed E-state index contributed by atoms with van der Waals surface area (Å²) in [5.74, 6) is -0.361. The van der Waals surface area contributed by atoms with Crippen molar-refractivity contribution in [1.82, 2.24) is 0 Å². The molecule has 3 heteroatoms. The molecular weight excluding hydrogens is 130 g/mol. The zero-order valence-corrected chi connectivity index (χ0v) is 6.05. The van der Waals surface area contributed by atoms with E-state index >= 15 is 0 Å². The number of rotatable bonds is 0. The fourth-order valence-corrected chi connectivity index (χ4v) is 0.846. The minimum absolute atomic E-state index is 0.203. The van der Waals surface area contributed by atoms with Crippen LogP contribution in [0.2, 0.25) is 0 Å². The van der Waals surface area contributed by atoms with Crippen molar-refractivity contribution in [3.05, 3.63) is 12.2 Å². The van der Waals surface area contributed by atoms with Crippen LogP contribution in [0.25, 0.3) is 0 Å². The molecule has 1 saturated heterocycles. The predicted octanol–water partition coefficient (Wildman–Crippen LogP) is 0.559. The molecule has 1 atom stereocenters. The standard InChI is InChI=1S/C7H9NO2/c1-4-5(2)10-7(9)6(4)8-3/h5H,1H2,2-3H3. The van der Waals surface area contributed by atoms with E-state index in [9.17, 15) is 4.79 Å². The molecule has 0 bridgehead atoms. The summed E-state index contributed by atoms with van der Waals surface area (Å²) in [6.07, 6.45) is -0.203. The van der Waals surface area contributed by atoms with Crippen LogP contribution in [0.4, 0.5) is 0 Å². The van der Waals surface area contributed by atoms with Crippen molar-refractivity contribution < 1.29 is 9.53 Å². The van der Waals surface area contributed by atoms with Gasteiger partial charge in [0.2, 0.25) is 0 Å². The molecule has 0 aliphatic carbocycles. The van der Waals surface area contributed by atoms with Crippen LogP contribution in [0, 0.1) is 0 Å². The average molecular weight is 139 g/mol. The monoisotopic (exact) mass is 139 g/mol. The van der Waals surface area contributed by atoms with Crippen LogP contribution in [0.5, 0.6) is 0 Å². The van der Waals surface area contributed by atoms with Crippen molar-refractivity contribution in [2.45, 2.75) is 13.0 Å². The van der Waals surface area contributed by atoms with E-state index in [4.69, 9.17) is 4.74 Å².